The van der Waals surface area contributed by atoms with E-state index < -0.39 is 5.41 Å². The van der Waals surface area contributed by atoms with Gasteiger partial charge in [-0.2, -0.15) is 10.2 Å². The molecule has 0 saturated carbocycles. The molecule has 0 unspecified atom stereocenters. The lowest BCUT2D eigenvalue weighted by Gasteiger charge is -2.25. The minimum Gasteiger partial charge on any atom is -0.474 e. The first-order valence-electron chi connectivity index (χ1n) is 10.4. The molecule has 0 bridgehead atoms. The number of pyridine rings is 1. The smallest absolute Gasteiger partial charge is 0.259 e. The number of halogens is 1. The fourth-order valence-corrected chi connectivity index (χ4v) is 4.58. The van der Waals surface area contributed by atoms with Gasteiger partial charge < -0.3 is 9.26 Å². The molecular weight excluding hydrogens is 430 g/mol. The SMILES string of the molecule is Cc1cccc2c1CC[C@]2(Cc1nn[nH]n1)c1noc(-c2cnc(OC(C)C)c(Cl)c2)n1. The summed E-state index contributed by atoms with van der Waals surface area (Å²) in [6.45, 7) is 5.96. The summed E-state index contributed by atoms with van der Waals surface area (Å²) in [5.74, 6) is 1.91. The monoisotopic (exact) mass is 451 g/mol. The molecule has 9 nitrogen and oxygen atoms in total. The van der Waals surface area contributed by atoms with Gasteiger partial charge in [0.15, 0.2) is 11.6 Å². The topological polar surface area (TPSA) is 116 Å². The highest BCUT2D eigenvalue weighted by Crippen LogP contribution is 2.46. The average Bonchev–Trinajstić information content (AvgIpc) is 3.51. The van der Waals surface area contributed by atoms with E-state index >= 15 is 0 Å². The Morgan fingerprint density at radius 1 is 1.31 bits per heavy atom. The molecule has 0 aliphatic heterocycles. The first-order valence-corrected chi connectivity index (χ1v) is 10.8. The second-order valence-corrected chi connectivity index (χ2v) is 8.70. The Bertz CT molecular complexity index is 1260. The summed E-state index contributed by atoms with van der Waals surface area (Å²) in [5.41, 5.74) is 3.85. The molecular formula is C22H22ClN7O2. The summed E-state index contributed by atoms with van der Waals surface area (Å²) in [5, 5.41) is 19.4. The minimum atomic E-state index is -0.509. The second kappa shape index (κ2) is 7.98. The van der Waals surface area contributed by atoms with Crippen molar-refractivity contribution >= 4 is 11.6 Å². The van der Waals surface area contributed by atoms with Crippen LogP contribution in [0.5, 0.6) is 5.88 Å². The Hall–Kier alpha value is -3.33. The highest BCUT2D eigenvalue weighted by atomic mass is 35.5. The van der Waals surface area contributed by atoms with Gasteiger partial charge in [0.1, 0.15) is 5.02 Å². The van der Waals surface area contributed by atoms with Crippen LogP contribution >= 0.6 is 11.6 Å². The van der Waals surface area contributed by atoms with Gasteiger partial charge in [0, 0.05) is 12.6 Å². The van der Waals surface area contributed by atoms with Crippen LogP contribution in [-0.2, 0) is 18.3 Å². The third kappa shape index (κ3) is 3.52. The predicted molar refractivity (Wildman–Crippen MR) is 116 cm³/mol. The van der Waals surface area contributed by atoms with E-state index in [-0.39, 0.29) is 6.10 Å². The van der Waals surface area contributed by atoms with E-state index in [9.17, 15) is 0 Å². The number of ether oxygens (including phenoxy) is 1. The van der Waals surface area contributed by atoms with Gasteiger partial charge in [-0.25, -0.2) is 4.98 Å². The van der Waals surface area contributed by atoms with Gasteiger partial charge in [-0.3, -0.25) is 0 Å². The van der Waals surface area contributed by atoms with E-state index in [0.29, 0.717) is 40.4 Å². The molecule has 0 amide bonds. The summed E-state index contributed by atoms with van der Waals surface area (Å²) in [6.07, 6.45) is 3.84. The van der Waals surface area contributed by atoms with Crippen molar-refractivity contribution in [1.82, 2.24) is 35.7 Å². The molecule has 0 saturated heterocycles. The molecule has 32 heavy (non-hydrogen) atoms. The van der Waals surface area contributed by atoms with Crippen LogP contribution < -0.4 is 4.74 Å². The first-order chi connectivity index (χ1) is 15.5. The molecule has 5 rings (SSSR count). The average molecular weight is 452 g/mol. The fourth-order valence-electron chi connectivity index (χ4n) is 4.37. The number of aromatic nitrogens is 7. The summed E-state index contributed by atoms with van der Waals surface area (Å²) in [4.78, 5) is 9.08. The molecule has 10 heteroatoms. The lowest BCUT2D eigenvalue weighted by atomic mass is 9.77. The number of aromatic amines is 1. The van der Waals surface area contributed by atoms with Gasteiger partial charge in [-0.05, 0) is 56.4 Å². The first kappa shape index (κ1) is 20.6. The summed E-state index contributed by atoms with van der Waals surface area (Å²) in [6, 6.07) is 8.03. The van der Waals surface area contributed by atoms with E-state index in [0.717, 1.165) is 12.8 Å². The van der Waals surface area contributed by atoms with Crippen molar-refractivity contribution in [2.75, 3.05) is 0 Å². The Balaban J connectivity index is 1.56. The van der Waals surface area contributed by atoms with Crippen molar-refractivity contribution < 1.29 is 9.26 Å². The number of H-pyrrole nitrogens is 1. The van der Waals surface area contributed by atoms with Gasteiger partial charge in [0.2, 0.25) is 5.88 Å². The minimum absolute atomic E-state index is 0.0308. The molecule has 3 heterocycles. The molecule has 3 aromatic heterocycles. The molecule has 1 N–H and O–H groups in total. The van der Waals surface area contributed by atoms with Crippen molar-refractivity contribution in [2.24, 2.45) is 0 Å². The third-order valence-electron chi connectivity index (χ3n) is 5.83. The van der Waals surface area contributed by atoms with Crippen molar-refractivity contribution in [1.29, 1.82) is 0 Å². The lowest BCUT2D eigenvalue weighted by molar-refractivity contribution is 0.233. The number of hydrogen-bond acceptors (Lipinski definition) is 8. The van der Waals surface area contributed by atoms with Crippen LogP contribution in [-0.4, -0.2) is 41.9 Å². The van der Waals surface area contributed by atoms with Gasteiger partial charge >= 0.3 is 0 Å². The number of nitrogens with zero attached hydrogens (tertiary/aromatic N) is 6. The van der Waals surface area contributed by atoms with E-state index in [1.165, 1.54) is 16.7 Å². The number of benzene rings is 1. The Morgan fingerprint density at radius 2 is 2.19 bits per heavy atom. The van der Waals surface area contributed by atoms with Crippen molar-refractivity contribution in [3.05, 3.63) is 63.8 Å². The Kier molecular flexibility index (Phi) is 5.13. The zero-order valence-corrected chi connectivity index (χ0v) is 18.7. The zero-order chi connectivity index (χ0) is 22.3. The predicted octanol–water partition coefficient (Wildman–Crippen LogP) is 3.87. The summed E-state index contributed by atoms with van der Waals surface area (Å²) >= 11 is 6.36. The van der Waals surface area contributed by atoms with Crippen molar-refractivity contribution in [2.45, 2.75) is 51.6 Å². The van der Waals surface area contributed by atoms with E-state index in [2.05, 4.69) is 55.9 Å². The Labute approximate surface area is 189 Å². The standard InChI is InChI=1S/C22H22ClN7O2/c1-12(2)31-20-17(23)9-14(11-24-20)19-25-21(28-32-19)22(10-18-26-29-30-27-18)8-7-15-13(3)5-4-6-16(15)22/h4-6,9,11-12H,7-8,10H2,1-3H3,(H,26,27,29,30)/t22-/m1/s1. The van der Waals surface area contributed by atoms with Gasteiger partial charge in [0.25, 0.3) is 5.89 Å². The molecule has 1 aromatic carbocycles. The lowest BCUT2D eigenvalue weighted by Crippen LogP contribution is -2.30. The van der Waals surface area contributed by atoms with Gasteiger partial charge in [-0.1, -0.05) is 40.2 Å². The largest absolute Gasteiger partial charge is 0.474 e. The summed E-state index contributed by atoms with van der Waals surface area (Å²) in [7, 11) is 0. The van der Waals surface area contributed by atoms with Crippen LogP contribution in [0.2, 0.25) is 5.02 Å². The molecule has 164 valence electrons. The molecule has 0 spiro atoms. The van der Waals surface area contributed by atoms with Crippen LogP contribution in [0.4, 0.5) is 0 Å². The zero-order valence-electron chi connectivity index (χ0n) is 18.0. The quantitative estimate of drug-likeness (QED) is 0.469. The van der Waals surface area contributed by atoms with Gasteiger partial charge in [0.05, 0.1) is 17.1 Å². The fraction of sp³-hybridized carbons (Fsp3) is 0.364. The molecule has 1 aliphatic rings. The van der Waals surface area contributed by atoms with Gasteiger partial charge in [-0.15, -0.1) is 10.2 Å². The van der Waals surface area contributed by atoms with Crippen molar-refractivity contribution in [3.8, 4) is 17.3 Å². The molecule has 1 aliphatic carbocycles. The van der Waals surface area contributed by atoms with Crippen LogP contribution in [0.15, 0.2) is 35.0 Å². The molecule has 0 radical (unpaired) electrons. The van der Waals surface area contributed by atoms with Crippen LogP contribution in [0.1, 0.15) is 48.6 Å². The second-order valence-electron chi connectivity index (χ2n) is 8.29. The number of tetrazole rings is 1. The van der Waals surface area contributed by atoms with E-state index in [4.69, 9.17) is 25.8 Å². The maximum absolute atomic E-state index is 6.36. The normalized spacial score (nSPS) is 17.7. The highest BCUT2D eigenvalue weighted by molar-refractivity contribution is 6.32. The number of fused-ring (bicyclic) bond motifs is 1. The number of rotatable bonds is 6. The van der Waals surface area contributed by atoms with Crippen LogP contribution in [0.25, 0.3) is 11.5 Å². The maximum Gasteiger partial charge on any atom is 0.259 e. The highest BCUT2D eigenvalue weighted by Gasteiger charge is 2.45. The number of hydrogen-bond donors (Lipinski definition) is 1. The van der Waals surface area contributed by atoms with E-state index in [1.54, 1.807) is 12.3 Å². The van der Waals surface area contributed by atoms with Crippen LogP contribution in [0.3, 0.4) is 0 Å². The third-order valence-corrected chi connectivity index (χ3v) is 6.10. The molecule has 0 fully saturated rings. The molecule has 1 atom stereocenters. The summed E-state index contributed by atoms with van der Waals surface area (Å²) < 4.78 is 11.3. The van der Waals surface area contributed by atoms with Crippen LogP contribution in [0, 0.1) is 6.92 Å². The maximum atomic E-state index is 6.36. The van der Waals surface area contributed by atoms with E-state index in [1.807, 2.05) is 13.8 Å². The number of nitrogens with one attached hydrogen (secondary N) is 1. The van der Waals surface area contributed by atoms with Crippen molar-refractivity contribution in [3.63, 3.8) is 0 Å². The Morgan fingerprint density at radius 3 is 2.94 bits per heavy atom. The molecule has 4 aromatic rings. The number of aryl methyl sites for hydroxylation is 1.